The Hall–Kier alpha value is -0.120. The molecule has 0 aromatic heterocycles. The third-order valence-electron chi connectivity index (χ3n) is 5.02. The molecule has 1 atom stereocenters. The molecule has 0 amide bonds. The Balaban J connectivity index is 1.54. The zero-order chi connectivity index (χ0) is 13.5. The van der Waals surface area contributed by atoms with Crippen LogP contribution in [0.25, 0.3) is 0 Å². The molecule has 2 fully saturated rings. The van der Waals surface area contributed by atoms with E-state index < -0.39 is 0 Å². The number of likely N-dealkylation sites (N-methyl/N-ethyl adjacent to an activating group) is 1. The molecule has 2 aliphatic rings. The fourth-order valence-electron chi connectivity index (χ4n) is 3.79. The van der Waals surface area contributed by atoms with E-state index in [1.54, 1.807) is 0 Å². The summed E-state index contributed by atoms with van der Waals surface area (Å²) in [5, 5.41) is 3.72. The van der Waals surface area contributed by atoms with Crippen LogP contribution in [0.5, 0.6) is 0 Å². The van der Waals surface area contributed by atoms with E-state index in [0.717, 1.165) is 12.1 Å². The standard InChI is InChI=1S/C16H33N3/c1-3-19(4-2)16-10-13-18(14-16)12-7-11-17-15-8-5-6-9-15/h15-17H,3-14H2,1-2H3. The number of hydrogen-bond donors (Lipinski definition) is 1. The monoisotopic (exact) mass is 267 g/mol. The van der Waals surface area contributed by atoms with Gasteiger partial charge in [-0.1, -0.05) is 26.7 Å². The van der Waals surface area contributed by atoms with Gasteiger partial charge in [0.05, 0.1) is 0 Å². The van der Waals surface area contributed by atoms with Crippen LogP contribution in [0.15, 0.2) is 0 Å². The van der Waals surface area contributed by atoms with Crippen LogP contribution in [-0.2, 0) is 0 Å². The molecular formula is C16H33N3. The van der Waals surface area contributed by atoms with Crippen molar-refractivity contribution in [2.75, 3.05) is 39.3 Å². The Morgan fingerprint density at radius 3 is 2.53 bits per heavy atom. The lowest BCUT2D eigenvalue weighted by atomic mass is 10.2. The number of rotatable bonds is 8. The second-order valence-electron chi connectivity index (χ2n) is 6.25. The summed E-state index contributed by atoms with van der Waals surface area (Å²) >= 11 is 0. The van der Waals surface area contributed by atoms with Gasteiger partial charge in [0.1, 0.15) is 0 Å². The Bertz CT molecular complexity index is 234. The summed E-state index contributed by atoms with van der Waals surface area (Å²) in [5.74, 6) is 0. The van der Waals surface area contributed by atoms with Gasteiger partial charge in [0.25, 0.3) is 0 Å². The Morgan fingerprint density at radius 1 is 1.11 bits per heavy atom. The topological polar surface area (TPSA) is 18.5 Å². The maximum atomic E-state index is 3.72. The first-order valence-electron chi connectivity index (χ1n) is 8.53. The molecule has 0 aromatic carbocycles. The van der Waals surface area contributed by atoms with E-state index >= 15 is 0 Å². The second-order valence-corrected chi connectivity index (χ2v) is 6.25. The van der Waals surface area contributed by atoms with Crippen LogP contribution >= 0.6 is 0 Å². The average molecular weight is 267 g/mol. The van der Waals surface area contributed by atoms with Gasteiger partial charge in [-0.25, -0.2) is 0 Å². The molecule has 112 valence electrons. The molecule has 0 aromatic rings. The summed E-state index contributed by atoms with van der Waals surface area (Å²) < 4.78 is 0. The molecule has 1 heterocycles. The minimum absolute atomic E-state index is 0.817. The van der Waals surface area contributed by atoms with E-state index in [9.17, 15) is 0 Å². The Labute approximate surface area is 119 Å². The summed E-state index contributed by atoms with van der Waals surface area (Å²) in [5.41, 5.74) is 0. The molecule has 1 saturated carbocycles. The van der Waals surface area contributed by atoms with Crippen molar-refractivity contribution in [2.45, 2.75) is 64.5 Å². The van der Waals surface area contributed by atoms with Gasteiger partial charge in [0.15, 0.2) is 0 Å². The molecule has 0 radical (unpaired) electrons. The van der Waals surface area contributed by atoms with Crippen molar-refractivity contribution in [3.8, 4) is 0 Å². The van der Waals surface area contributed by atoms with Gasteiger partial charge in [0.2, 0.25) is 0 Å². The molecular weight excluding hydrogens is 234 g/mol. The molecule has 3 heteroatoms. The first-order valence-corrected chi connectivity index (χ1v) is 8.53. The molecule has 2 rings (SSSR count). The van der Waals surface area contributed by atoms with E-state index in [2.05, 4.69) is 29.0 Å². The van der Waals surface area contributed by atoms with Crippen LogP contribution in [0, 0.1) is 0 Å². The lowest BCUT2D eigenvalue weighted by molar-refractivity contribution is 0.210. The van der Waals surface area contributed by atoms with Gasteiger partial charge in [-0.15, -0.1) is 0 Å². The fourth-order valence-corrected chi connectivity index (χ4v) is 3.79. The van der Waals surface area contributed by atoms with Crippen LogP contribution in [0.2, 0.25) is 0 Å². The van der Waals surface area contributed by atoms with Crippen molar-refractivity contribution in [3.05, 3.63) is 0 Å². The normalized spacial score (nSPS) is 25.7. The number of nitrogens with zero attached hydrogens (tertiary/aromatic N) is 2. The minimum atomic E-state index is 0.817. The first-order chi connectivity index (χ1) is 9.33. The predicted octanol–water partition coefficient (Wildman–Crippen LogP) is 2.32. The van der Waals surface area contributed by atoms with Crippen LogP contribution in [0.1, 0.15) is 52.4 Å². The van der Waals surface area contributed by atoms with E-state index in [-0.39, 0.29) is 0 Å². The minimum Gasteiger partial charge on any atom is -0.314 e. The van der Waals surface area contributed by atoms with E-state index in [1.165, 1.54) is 77.8 Å². The maximum Gasteiger partial charge on any atom is 0.0235 e. The smallest absolute Gasteiger partial charge is 0.0235 e. The van der Waals surface area contributed by atoms with Gasteiger partial charge in [-0.05, 0) is 58.4 Å². The molecule has 1 unspecified atom stereocenters. The van der Waals surface area contributed by atoms with Crippen molar-refractivity contribution in [1.82, 2.24) is 15.1 Å². The van der Waals surface area contributed by atoms with Gasteiger partial charge >= 0.3 is 0 Å². The zero-order valence-electron chi connectivity index (χ0n) is 13.0. The summed E-state index contributed by atoms with van der Waals surface area (Å²) in [4.78, 5) is 5.29. The van der Waals surface area contributed by atoms with Crippen LogP contribution in [0.4, 0.5) is 0 Å². The van der Waals surface area contributed by atoms with Gasteiger partial charge in [0, 0.05) is 18.6 Å². The van der Waals surface area contributed by atoms with E-state index in [1.807, 2.05) is 0 Å². The summed E-state index contributed by atoms with van der Waals surface area (Å²) in [7, 11) is 0. The second kappa shape index (κ2) is 8.23. The maximum absolute atomic E-state index is 3.72. The number of likely N-dealkylation sites (tertiary alicyclic amines) is 1. The fraction of sp³-hybridized carbons (Fsp3) is 1.00. The molecule has 3 nitrogen and oxygen atoms in total. The highest BCUT2D eigenvalue weighted by atomic mass is 15.2. The highest BCUT2D eigenvalue weighted by Gasteiger charge is 2.25. The van der Waals surface area contributed by atoms with Crippen molar-refractivity contribution in [1.29, 1.82) is 0 Å². The average Bonchev–Trinajstić information content (AvgIpc) is 3.08. The Kier molecular flexibility index (Phi) is 6.62. The lowest BCUT2D eigenvalue weighted by Crippen LogP contribution is -2.37. The number of nitrogens with one attached hydrogen (secondary N) is 1. The largest absolute Gasteiger partial charge is 0.314 e. The van der Waals surface area contributed by atoms with Crippen LogP contribution < -0.4 is 5.32 Å². The summed E-state index contributed by atoms with van der Waals surface area (Å²) in [6.45, 7) is 12.1. The predicted molar refractivity (Wildman–Crippen MR) is 82.6 cm³/mol. The van der Waals surface area contributed by atoms with Crippen molar-refractivity contribution in [2.24, 2.45) is 0 Å². The third-order valence-corrected chi connectivity index (χ3v) is 5.02. The van der Waals surface area contributed by atoms with Crippen molar-refractivity contribution < 1.29 is 0 Å². The first kappa shape index (κ1) is 15.3. The van der Waals surface area contributed by atoms with Gasteiger partial charge in [-0.3, -0.25) is 4.90 Å². The molecule has 1 aliphatic carbocycles. The molecule has 19 heavy (non-hydrogen) atoms. The summed E-state index contributed by atoms with van der Waals surface area (Å²) in [6, 6.07) is 1.65. The lowest BCUT2D eigenvalue weighted by Gasteiger charge is -2.26. The molecule has 0 spiro atoms. The van der Waals surface area contributed by atoms with Gasteiger partial charge in [-0.2, -0.15) is 0 Å². The van der Waals surface area contributed by atoms with Gasteiger partial charge < -0.3 is 10.2 Å². The third kappa shape index (κ3) is 4.73. The van der Waals surface area contributed by atoms with E-state index in [0.29, 0.717) is 0 Å². The Morgan fingerprint density at radius 2 is 1.84 bits per heavy atom. The molecule has 1 aliphatic heterocycles. The van der Waals surface area contributed by atoms with Crippen molar-refractivity contribution in [3.63, 3.8) is 0 Å². The van der Waals surface area contributed by atoms with Crippen LogP contribution in [-0.4, -0.2) is 61.2 Å². The SMILES string of the molecule is CCN(CC)C1CCN(CCCNC2CCCC2)C1. The van der Waals surface area contributed by atoms with Crippen LogP contribution in [0.3, 0.4) is 0 Å². The highest BCUT2D eigenvalue weighted by Crippen LogP contribution is 2.18. The molecule has 1 saturated heterocycles. The molecule has 0 bridgehead atoms. The number of hydrogen-bond acceptors (Lipinski definition) is 3. The van der Waals surface area contributed by atoms with Crippen molar-refractivity contribution >= 4 is 0 Å². The quantitative estimate of drug-likeness (QED) is 0.681. The highest BCUT2D eigenvalue weighted by molar-refractivity contribution is 4.82. The summed E-state index contributed by atoms with van der Waals surface area (Å²) in [6.07, 6.45) is 8.39. The van der Waals surface area contributed by atoms with E-state index in [4.69, 9.17) is 0 Å². The molecule has 1 N–H and O–H groups in total. The zero-order valence-corrected chi connectivity index (χ0v) is 13.0.